The zero-order chi connectivity index (χ0) is 23.3. The van der Waals surface area contributed by atoms with E-state index in [-0.39, 0.29) is 16.2 Å². The van der Waals surface area contributed by atoms with Crippen LogP contribution in [0.25, 0.3) is 0 Å². The number of benzene rings is 2. The number of nitrogens with two attached hydrogens (primary N) is 2. The summed E-state index contributed by atoms with van der Waals surface area (Å²) in [6.45, 7) is 19.6. The first-order valence-electron chi connectivity index (χ1n) is 11.4. The molecular weight excluding hydrogens is 378 g/mol. The van der Waals surface area contributed by atoms with Gasteiger partial charge < -0.3 is 16.8 Å². The predicted octanol–water partition coefficient (Wildman–Crippen LogP) is 5.07. The first-order valence-corrected chi connectivity index (χ1v) is 11.4. The predicted molar refractivity (Wildman–Crippen MR) is 135 cm³/mol. The summed E-state index contributed by atoms with van der Waals surface area (Å²) < 4.78 is 0. The smallest absolute Gasteiger partial charge is 0.0297 e. The number of nitrogens with one attached hydrogen (secondary N) is 1. The van der Waals surface area contributed by atoms with Crippen LogP contribution >= 0.6 is 0 Å². The second kappa shape index (κ2) is 10.0. The Morgan fingerprint density at radius 3 is 1.42 bits per heavy atom. The maximum atomic E-state index is 6.44. The van der Waals surface area contributed by atoms with E-state index in [1.807, 2.05) is 0 Å². The third-order valence-corrected chi connectivity index (χ3v) is 6.24. The Morgan fingerprint density at radius 1 is 0.742 bits per heavy atom. The van der Waals surface area contributed by atoms with Crippen LogP contribution in [-0.2, 0) is 23.7 Å². The Hall–Kier alpha value is -2.10. The lowest BCUT2D eigenvalue weighted by molar-refractivity contribution is 0.338. The van der Waals surface area contributed by atoms with Crippen molar-refractivity contribution in [1.82, 2.24) is 5.32 Å². The summed E-state index contributed by atoms with van der Waals surface area (Å²) in [6.07, 6.45) is 1.68. The van der Waals surface area contributed by atoms with Crippen LogP contribution in [0, 0.1) is 5.41 Å². The number of hydrogen-bond acceptors (Lipinski definition) is 3. The first kappa shape index (κ1) is 25.2. The molecule has 0 aromatic heterocycles. The quantitative estimate of drug-likeness (QED) is 0.529. The van der Waals surface area contributed by atoms with Crippen molar-refractivity contribution in [3.63, 3.8) is 0 Å². The third kappa shape index (κ3) is 6.69. The molecule has 2 aromatic rings. The van der Waals surface area contributed by atoms with Crippen molar-refractivity contribution < 1.29 is 0 Å². The van der Waals surface area contributed by atoms with Crippen LogP contribution in [0.4, 0.5) is 0 Å². The Balaban J connectivity index is 2.35. The molecule has 0 aliphatic heterocycles. The fourth-order valence-electron chi connectivity index (χ4n) is 3.98. The maximum absolute atomic E-state index is 6.44. The average molecular weight is 422 g/mol. The van der Waals surface area contributed by atoms with E-state index < -0.39 is 0 Å². The second-order valence-electron chi connectivity index (χ2n) is 10.9. The van der Waals surface area contributed by atoms with Gasteiger partial charge in [0.15, 0.2) is 0 Å². The molecule has 0 saturated heterocycles. The van der Waals surface area contributed by atoms with Crippen molar-refractivity contribution in [3.05, 3.63) is 83.1 Å². The van der Waals surface area contributed by atoms with Gasteiger partial charge in [-0.1, -0.05) is 96.7 Å². The minimum atomic E-state index is -0.276. The lowest BCUT2D eigenvalue weighted by Crippen LogP contribution is -2.42. The van der Waals surface area contributed by atoms with Crippen molar-refractivity contribution in [2.45, 2.75) is 65.2 Å². The molecule has 3 nitrogen and oxygen atoms in total. The number of rotatable bonds is 9. The van der Waals surface area contributed by atoms with E-state index in [1.165, 1.54) is 22.3 Å². The van der Waals surface area contributed by atoms with Gasteiger partial charge in [0.2, 0.25) is 0 Å². The van der Waals surface area contributed by atoms with Crippen LogP contribution < -0.4 is 16.8 Å². The highest BCUT2D eigenvalue weighted by Crippen LogP contribution is 2.34. The summed E-state index contributed by atoms with van der Waals surface area (Å²) in [6, 6.07) is 17.9. The molecule has 5 N–H and O–H groups in total. The van der Waals surface area contributed by atoms with Crippen LogP contribution in [0.3, 0.4) is 0 Å². The molecule has 0 aliphatic rings. The standard InChI is InChI=1S/C28H43N3/c1-21(31-17-16-29)28(20-30,18-22-8-12-24(13-9-22)26(2,3)4)19-23-10-14-25(15-11-23)27(5,6)7/h8-15,31H,1,16-20,29-30H2,2-7H3. The highest BCUT2D eigenvalue weighted by molar-refractivity contribution is 5.33. The molecule has 0 bridgehead atoms. The summed E-state index contributed by atoms with van der Waals surface area (Å²) in [4.78, 5) is 0. The van der Waals surface area contributed by atoms with Gasteiger partial charge in [0.1, 0.15) is 0 Å². The van der Waals surface area contributed by atoms with Crippen molar-refractivity contribution >= 4 is 0 Å². The van der Waals surface area contributed by atoms with Crippen LogP contribution in [-0.4, -0.2) is 19.6 Å². The summed E-state index contributed by atoms with van der Waals surface area (Å²) in [5, 5.41) is 3.44. The molecule has 0 heterocycles. The molecule has 2 aromatic carbocycles. The van der Waals surface area contributed by atoms with Gasteiger partial charge in [0.25, 0.3) is 0 Å². The molecule has 0 atom stereocenters. The third-order valence-electron chi connectivity index (χ3n) is 6.24. The van der Waals surface area contributed by atoms with E-state index in [9.17, 15) is 0 Å². The average Bonchev–Trinajstić information content (AvgIpc) is 2.71. The van der Waals surface area contributed by atoms with E-state index in [0.717, 1.165) is 18.5 Å². The minimum Gasteiger partial charge on any atom is -0.387 e. The molecule has 0 aliphatic carbocycles. The largest absolute Gasteiger partial charge is 0.387 e. The van der Waals surface area contributed by atoms with Crippen LogP contribution in [0.1, 0.15) is 63.8 Å². The van der Waals surface area contributed by atoms with Crippen LogP contribution in [0.2, 0.25) is 0 Å². The van der Waals surface area contributed by atoms with Gasteiger partial charge in [-0.05, 0) is 45.9 Å². The van der Waals surface area contributed by atoms with Crippen molar-refractivity contribution in [1.29, 1.82) is 0 Å². The zero-order valence-electron chi connectivity index (χ0n) is 20.5. The summed E-state index contributed by atoms with van der Waals surface area (Å²) in [5.41, 5.74) is 18.4. The van der Waals surface area contributed by atoms with Gasteiger partial charge in [0.05, 0.1) is 0 Å². The Kier molecular flexibility index (Phi) is 8.13. The summed E-state index contributed by atoms with van der Waals surface area (Å²) in [7, 11) is 0. The fraction of sp³-hybridized carbons (Fsp3) is 0.500. The van der Waals surface area contributed by atoms with Crippen LogP contribution in [0.15, 0.2) is 60.8 Å². The molecule has 3 heteroatoms. The highest BCUT2D eigenvalue weighted by atomic mass is 14.9. The topological polar surface area (TPSA) is 64.1 Å². The minimum absolute atomic E-state index is 0.143. The zero-order valence-corrected chi connectivity index (χ0v) is 20.5. The Bertz CT molecular complexity index is 774. The van der Waals surface area contributed by atoms with Crippen LogP contribution in [0.5, 0.6) is 0 Å². The molecular formula is C28H43N3. The Morgan fingerprint density at radius 2 is 1.13 bits per heavy atom. The van der Waals surface area contributed by atoms with Gasteiger partial charge in [-0.2, -0.15) is 0 Å². The molecule has 0 saturated carbocycles. The normalized spacial score (nSPS) is 12.6. The van der Waals surface area contributed by atoms with Gasteiger partial charge in [-0.15, -0.1) is 0 Å². The lowest BCUT2D eigenvalue weighted by Gasteiger charge is -2.36. The summed E-state index contributed by atoms with van der Waals surface area (Å²) >= 11 is 0. The maximum Gasteiger partial charge on any atom is 0.0297 e. The van der Waals surface area contributed by atoms with E-state index >= 15 is 0 Å². The lowest BCUT2D eigenvalue weighted by atomic mass is 9.73. The van der Waals surface area contributed by atoms with Gasteiger partial charge in [0, 0.05) is 30.7 Å². The van der Waals surface area contributed by atoms with Crippen molar-refractivity contribution in [2.24, 2.45) is 16.9 Å². The Labute approximate surface area is 190 Å². The summed E-state index contributed by atoms with van der Waals surface area (Å²) in [5.74, 6) is 0. The second-order valence-corrected chi connectivity index (χ2v) is 10.9. The molecule has 2 rings (SSSR count). The van der Waals surface area contributed by atoms with E-state index in [4.69, 9.17) is 11.5 Å². The van der Waals surface area contributed by atoms with Gasteiger partial charge >= 0.3 is 0 Å². The molecule has 0 radical (unpaired) electrons. The molecule has 31 heavy (non-hydrogen) atoms. The monoisotopic (exact) mass is 421 g/mol. The van der Waals surface area contributed by atoms with Gasteiger partial charge in [-0.3, -0.25) is 0 Å². The molecule has 170 valence electrons. The molecule has 0 unspecified atom stereocenters. The highest BCUT2D eigenvalue weighted by Gasteiger charge is 2.33. The van der Waals surface area contributed by atoms with E-state index in [2.05, 4.69) is 102 Å². The van der Waals surface area contributed by atoms with Crippen molar-refractivity contribution in [3.8, 4) is 0 Å². The molecule has 0 fully saturated rings. The molecule has 0 amide bonds. The molecule has 0 spiro atoms. The van der Waals surface area contributed by atoms with E-state index in [0.29, 0.717) is 19.6 Å². The van der Waals surface area contributed by atoms with Gasteiger partial charge in [-0.25, -0.2) is 0 Å². The van der Waals surface area contributed by atoms with Crippen molar-refractivity contribution in [2.75, 3.05) is 19.6 Å². The SMILES string of the molecule is C=C(NCCN)C(CN)(Cc1ccc(C(C)(C)C)cc1)Cc1ccc(C(C)(C)C)cc1. The fourth-order valence-corrected chi connectivity index (χ4v) is 3.98. The number of hydrogen-bond donors (Lipinski definition) is 3. The first-order chi connectivity index (χ1) is 14.4. The van der Waals surface area contributed by atoms with E-state index in [1.54, 1.807) is 0 Å².